The van der Waals surface area contributed by atoms with Gasteiger partial charge in [-0.15, -0.1) is 5.10 Å². The Morgan fingerprint density at radius 3 is 2.70 bits per heavy atom. The number of H-pyrrole nitrogens is 1. The molecule has 4 aromatic rings. The molecule has 1 saturated heterocycles. The lowest BCUT2D eigenvalue weighted by atomic mass is 9.95. The van der Waals surface area contributed by atoms with Gasteiger partial charge in [0.15, 0.2) is 11.2 Å². The van der Waals surface area contributed by atoms with Crippen molar-refractivity contribution in [1.29, 1.82) is 0 Å². The first-order valence-electron chi connectivity index (χ1n) is 10.6. The minimum Gasteiger partial charge on any atom is -0.339 e. The number of piperidine rings is 1. The molecule has 1 aliphatic rings. The Hall–Kier alpha value is -3.59. The van der Waals surface area contributed by atoms with Crippen molar-refractivity contribution in [2.75, 3.05) is 13.1 Å². The molecule has 10 heteroatoms. The Morgan fingerprint density at radius 2 is 1.94 bits per heavy atom. The number of aromatic nitrogens is 5. The zero-order chi connectivity index (χ0) is 22.9. The van der Waals surface area contributed by atoms with Crippen LogP contribution in [0.3, 0.4) is 0 Å². The van der Waals surface area contributed by atoms with E-state index >= 15 is 0 Å². The number of rotatable bonds is 4. The van der Waals surface area contributed by atoms with Gasteiger partial charge in [0.25, 0.3) is 11.5 Å². The largest absolute Gasteiger partial charge is 0.339 e. The molecule has 0 aliphatic carbocycles. The number of carbonyl (C=O) groups is 1. The number of hydrogen-bond donors (Lipinski definition) is 1. The minimum atomic E-state index is -0.436. The van der Waals surface area contributed by atoms with Crippen LogP contribution in [0.2, 0.25) is 5.02 Å². The standard InChI is InChI=1S/C23H20ClFN6O2/c24-17-5-1-3-14(11-17)13-31-21-19(28-29-31)22(32)27-20(26-21)15-7-9-30(10-8-15)23(33)16-4-2-6-18(25)12-16/h1-6,11-12,15H,7-10,13H2,(H,26,27,32). The third-order valence-corrected chi connectivity index (χ3v) is 6.09. The van der Waals surface area contributed by atoms with Crippen molar-refractivity contribution in [3.8, 4) is 0 Å². The van der Waals surface area contributed by atoms with Gasteiger partial charge in [-0.05, 0) is 48.7 Å². The summed E-state index contributed by atoms with van der Waals surface area (Å²) in [6, 6.07) is 13.1. The lowest BCUT2D eigenvalue weighted by molar-refractivity contribution is 0.0710. The van der Waals surface area contributed by atoms with Crippen LogP contribution < -0.4 is 5.56 Å². The van der Waals surface area contributed by atoms with Gasteiger partial charge < -0.3 is 9.88 Å². The second kappa shape index (κ2) is 8.74. The van der Waals surface area contributed by atoms with E-state index in [0.29, 0.717) is 54.5 Å². The van der Waals surface area contributed by atoms with E-state index in [-0.39, 0.29) is 22.9 Å². The SMILES string of the molecule is O=C(c1cccc(F)c1)N1CCC(c2nc3c(nnn3Cc3cccc(Cl)c3)c(=O)[nH]2)CC1. The van der Waals surface area contributed by atoms with Crippen LogP contribution in [-0.2, 0) is 6.54 Å². The van der Waals surface area contributed by atoms with Gasteiger partial charge in [-0.2, -0.15) is 0 Å². The van der Waals surface area contributed by atoms with Gasteiger partial charge in [0, 0.05) is 29.6 Å². The topological polar surface area (TPSA) is 96.8 Å². The number of likely N-dealkylation sites (tertiary alicyclic amines) is 1. The average molecular weight is 467 g/mol. The smallest absolute Gasteiger partial charge is 0.281 e. The third kappa shape index (κ3) is 4.36. The highest BCUT2D eigenvalue weighted by molar-refractivity contribution is 6.30. The Kier molecular flexibility index (Phi) is 5.63. The van der Waals surface area contributed by atoms with Crippen molar-refractivity contribution in [2.45, 2.75) is 25.3 Å². The molecule has 5 rings (SSSR count). The maximum Gasteiger partial charge on any atom is 0.281 e. The van der Waals surface area contributed by atoms with Crippen molar-refractivity contribution < 1.29 is 9.18 Å². The number of amides is 1. The molecule has 2 aromatic heterocycles. The summed E-state index contributed by atoms with van der Waals surface area (Å²) in [5, 5.41) is 8.70. The first-order valence-corrected chi connectivity index (χ1v) is 11.0. The molecule has 0 bridgehead atoms. The van der Waals surface area contributed by atoms with E-state index in [4.69, 9.17) is 11.6 Å². The summed E-state index contributed by atoms with van der Waals surface area (Å²) < 4.78 is 15.1. The zero-order valence-corrected chi connectivity index (χ0v) is 18.3. The van der Waals surface area contributed by atoms with Crippen LogP contribution >= 0.6 is 11.6 Å². The summed E-state index contributed by atoms with van der Waals surface area (Å²) in [5.74, 6) is -0.101. The van der Waals surface area contributed by atoms with Gasteiger partial charge in [0.05, 0.1) is 6.54 Å². The fraction of sp³-hybridized carbons (Fsp3) is 0.261. The molecule has 33 heavy (non-hydrogen) atoms. The molecule has 1 amide bonds. The third-order valence-electron chi connectivity index (χ3n) is 5.85. The van der Waals surface area contributed by atoms with Crippen molar-refractivity contribution in [3.63, 3.8) is 0 Å². The molecular weight excluding hydrogens is 447 g/mol. The summed E-state index contributed by atoms with van der Waals surface area (Å²) in [7, 11) is 0. The van der Waals surface area contributed by atoms with E-state index in [9.17, 15) is 14.0 Å². The zero-order valence-electron chi connectivity index (χ0n) is 17.5. The van der Waals surface area contributed by atoms with Crippen molar-refractivity contribution >= 4 is 28.7 Å². The molecule has 0 atom stereocenters. The lowest BCUT2D eigenvalue weighted by Gasteiger charge is -2.31. The second-order valence-electron chi connectivity index (χ2n) is 8.08. The van der Waals surface area contributed by atoms with Crippen LogP contribution in [0, 0.1) is 5.82 Å². The Bertz CT molecular complexity index is 1390. The van der Waals surface area contributed by atoms with Gasteiger partial charge >= 0.3 is 0 Å². The van der Waals surface area contributed by atoms with Crippen molar-refractivity contribution in [2.24, 2.45) is 0 Å². The summed E-state index contributed by atoms with van der Waals surface area (Å²) in [6.07, 6.45) is 1.26. The van der Waals surface area contributed by atoms with Gasteiger partial charge in [-0.1, -0.05) is 35.0 Å². The molecule has 2 aromatic carbocycles. The van der Waals surface area contributed by atoms with E-state index in [1.807, 2.05) is 18.2 Å². The van der Waals surface area contributed by atoms with Gasteiger partial charge in [-0.3, -0.25) is 9.59 Å². The Morgan fingerprint density at radius 1 is 1.15 bits per heavy atom. The van der Waals surface area contributed by atoms with E-state index in [1.165, 1.54) is 18.2 Å². The molecule has 0 radical (unpaired) electrons. The van der Waals surface area contributed by atoms with Crippen LogP contribution in [0.5, 0.6) is 0 Å². The number of aromatic amines is 1. The maximum absolute atomic E-state index is 13.5. The lowest BCUT2D eigenvalue weighted by Crippen LogP contribution is -2.38. The Labute approximate surface area is 193 Å². The number of fused-ring (bicyclic) bond motifs is 1. The van der Waals surface area contributed by atoms with Gasteiger partial charge in [-0.25, -0.2) is 14.1 Å². The average Bonchev–Trinajstić information content (AvgIpc) is 3.22. The number of nitrogens with one attached hydrogen (secondary N) is 1. The normalized spacial score (nSPS) is 14.7. The van der Waals surface area contributed by atoms with Crippen LogP contribution in [0.1, 0.15) is 40.5 Å². The van der Waals surface area contributed by atoms with Crippen molar-refractivity contribution in [3.05, 3.63) is 86.7 Å². The summed E-state index contributed by atoms with van der Waals surface area (Å²) >= 11 is 6.07. The molecule has 0 unspecified atom stereocenters. The predicted molar refractivity (Wildman–Crippen MR) is 121 cm³/mol. The quantitative estimate of drug-likeness (QED) is 0.497. The van der Waals surface area contributed by atoms with Crippen molar-refractivity contribution in [1.82, 2.24) is 29.9 Å². The highest BCUT2D eigenvalue weighted by Crippen LogP contribution is 2.26. The Balaban J connectivity index is 1.35. The molecule has 0 saturated carbocycles. The molecule has 1 aliphatic heterocycles. The summed E-state index contributed by atoms with van der Waals surface area (Å²) in [5.41, 5.74) is 1.50. The number of carbonyl (C=O) groups excluding carboxylic acids is 1. The number of halogens is 2. The highest BCUT2D eigenvalue weighted by Gasteiger charge is 2.27. The molecule has 0 spiro atoms. The molecule has 1 fully saturated rings. The van der Waals surface area contributed by atoms with E-state index in [0.717, 1.165) is 5.56 Å². The van der Waals surface area contributed by atoms with E-state index < -0.39 is 5.82 Å². The molecule has 1 N–H and O–H groups in total. The van der Waals surface area contributed by atoms with Gasteiger partial charge in [0.1, 0.15) is 11.6 Å². The first-order chi connectivity index (χ1) is 16.0. The van der Waals surface area contributed by atoms with E-state index in [2.05, 4.69) is 20.3 Å². The van der Waals surface area contributed by atoms with E-state index in [1.54, 1.807) is 21.7 Å². The van der Waals surface area contributed by atoms with Crippen LogP contribution in [0.25, 0.3) is 11.2 Å². The predicted octanol–water partition coefficient (Wildman–Crippen LogP) is 3.38. The summed E-state index contributed by atoms with van der Waals surface area (Å²) in [6.45, 7) is 1.36. The minimum absolute atomic E-state index is 0.0202. The second-order valence-corrected chi connectivity index (χ2v) is 8.51. The number of hydrogen-bond acceptors (Lipinski definition) is 5. The monoisotopic (exact) mass is 466 g/mol. The number of nitrogens with zero attached hydrogens (tertiary/aromatic N) is 5. The molecule has 3 heterocycles. The maximum atomic E-state index is 13.5. The molecule has 168 valence electrons. The van der Waals surface area contributed by atoms with Crippen LogP contribution in [0.15, 0.2) is 53.3 Å². The highest BCUT2D eigenvalue weighted by atomic mass is 35.5. The van der Waals surface area contributed by atoms with Crippen LogP contribution in [0.4, 0.5) is 4.39 Å². The fourth-order valence-electron chi connectivity index (χ4n) is 4.15. The summed E-state index contributed by atoms with van der Waals surface area (Å²) in [4.78, 5) is 34.5. The van der Waals surface area contributed by atoms with Gasteiger partial charge in [0.2, 0.25) is 0 Å². The first kappa shape index (κ1) is 21.3. The molecular formula is C23H20ClFN6O2. The number of benzene rings is 2. The van der Waals surface area contributed by atoms with Crippen LogP contribution in [-0.4, -0.2) is 48.9 Å². The fourth-order valence-corrected chi connectivity index (χ4v) is 4.36. The molecule has 8 nitrogen and oxygen atoms in total.